The van der Waals surface area contributed by atoms with Crippen LogP contribution in [0.4, 0.5) is 5.69 Å². The average molecular weight is 270 g/mol. The van der Waals surface area contributed by atoms with Gasteiger partial charge in [0.25, 0.3) is 0 Å². The SMILES string of the molecule is CCCCC(N)C(=O)Nc1ccsc1C(=O)OC. The maximum Gasteiger partial charge on any atom is 0.350 e. The van der Waals surface area contributed by atoms with E-state index >= 15 is 0 Å². The molecule has 0 aliphatic carbocycles. The van der Waals surface area contributed by atoms with Crippen LogP contribution in [0.1, 0.15) is 35.9 Å². The standard InChI is InChI=1S/C12H18N2O3S/c1-3-4-5-8(13)11(15)14-9-6-7-18-10(9)12(16)17-2/h6-8H,3-5,13H2,1-2H3,(H,14,15). The Labute approximate surface area is 110 Å². The Hall–Kier alpha value is -1.40. The molecule has 1 amide bonds. The van der Waals surface area contributed by atoms with Crippen molar-refractivity contribution in [2.45, 2.75) is 32.2 Å². The summed E-state index contributed by atoms with van der Waals surface area (Å²) in [5.74, 6) is -0.727. The highest BCUT2D eigenvalue weighted by Gasteiger charge is 2.18. The van der Waals surface area contributed by atoms with Gasteiger partial charge in [-0.25, -0.2) is 4.79 Å². The number of nitrogens with two attached hydrogens (primary N) is 1. The first-order chi connectivity index (χ1) is 8.60. The normalized spacial score (nSPS) is 11.9. The lowest BCUT2D eigenvalue weighted by Crippen LogP contribution is -2.35. The van der Waals surface area contributed by atoms with E-state index in [0.717, 1.165) is 12.8 Å². The number of carbonyl (C=O) groups excluding carboxylic acids is 2. The summed E-state index contributed by atoms with van der Waals surface area (Å²) in [6.07, 6.45) is 2.54. The molecule has 1 aromatic rings. The van der Waals surface area contributed by atoms with Crippen LogP contribution in [0.2, 0.25) is 0 Å². The van der Waals surface area contributed by atoms with Gasteiger partial charge in [0.15, 0.2) is 0 Å². The lowest BCUT2D eigenvalue weighted by Gasteiger charge is -2.11. The Morgan fingerprint density at radius 3 is 2.89 bits per heavy atom. The largest absolute Gasteiger partial charge is 0.465 e. The number of hydrogen-bond acceptors (Lipinski definition) is 5. The van der Waals surface area contributed by atoms with E-state index in [0.29, 0.717) is 17.0 Å². The van der Waals surface area contributed by atoms with Gasteiger partial charge in [0.1, 0.15) is 4.88 Å². The smallest absolute Gasteiger partial charge is 0.350 e. The minimum absolute atomic E-state index is 0.271. The highest BCUT2D eigenvalue weighted by atomic mass is 32.1. The van der Waals surface area contributed by atoms with Crippen molar-refractivity contribution in [1.29, 1.82) is 0 Å². The van der Waals surface area contributed by atoms with Gasteiger partial charge < -0.3 is 15.8 Å². The van der Waals surface area contributed by atoms with Crippen molar-refractivity contribution in [3.63, 3.8) is 0 Å². The van der Waals surface area contributed by atoms with Gasteiger partial charge >= 0.3 is 5.97 Å². The number of amides is 1. The minimum Gasteiger partial charge on any atom is -0.465 e. The number of nitrogens with one attached hydrogen (secondary N) is 1. The number of anilines is 1. The van der Waals surface area contributed by atoms with Crippen LogP contribution in [0, 0.1) is 0 Å². The van der Waals surface area contributed by atoms with Crippen molar-refractivity contribution in [2.75, 3.05) is 12.4 Å². The molecule has 18 heavy (non-hydrogen) atoms. The highest BCUT2D eigenvalue weighted by molar-refractivity contribution is 7.12. The van der Waals surface area contributed by atoms with Gasteiger partial charge in [-0.1, -0.05) is 19.8 Å². The van der Waals surface area contributed by atoms with E-state index < -0.39 is 12.0 Å². The number of unbranched alkanes of at least 4 members (excludes halogenated alkanes) is 1. The summed E-state index contributed by atoms with van der Waals surface area (Å²) in [6.45, 7) is 2.04. The Bertz CT molecular complexity index is 417. The van der Waals surface area contributed by atoms with Crippen LogP contribution in [-0.4, -0.2) is 25.0 Å². The van der Waals surface area contributed by atoms with E-state index in [2.05, 4.69) is 10.1 Å². The van der Waals surface area contributed by atoms with Crippen molar-refractivity contribution in [2.24, 2.45) is 5.73 Å². The zero-order chi connectivity index (χ0) is 13.5. The number of ether oxygens (including phenoxy) is 1. The van der Waals surface area contributed by atoms with Crippen LogP contribution < -0.4 is 11.1 Å². The molecule has 0 aromatic carbocycles. The molecule has 1 aromatic heterocycles. The number of methoxy groups -OCH3 is 1. The Morgan fingerprint density at radius 1 is 1.56 bits per heavy atom. The van der Waals surface area contributed by atoms with Crippen LogP contribution in [-0.2, 0) is 9.53 Å². The molecule has 0 radical (unpaired) electrons. The predicted molar refractivity (Wildman–Crippen MR) is 71.8 cm³/mol. The molecule has 1 rings (SSSR count). The minimum atomic E-state index is -0.546. The third kappa shape index (κ3) is 3.82. The number of esters is 1. The van der Waals surface area contributed by atoms with Gasteiger partial charge in [-0.3, -0.25) is 4.79 Å². The fraction of sp³-hybridized carbons (Fsp3) is 0.500. The number of hydrogen-bond donors (Lipinski definition) is 2. The number of rotatable bonds is 6. The molecule has 0 aliphatic heterocycles. The molecule has 1 unspecified atom stereocenters. The number of thiophene rings is 1. The molecule has 3 N–H and O–H groups in total. The summed E-state index contributed by atoms with van der Waals surface area (Å²) < 4.78 is 4.63. The fourth-order valence-corrected chi connectivity index (χ4v) is 2.20. The van der Waals surface area contributed by atoms with Crippen molar-refractivity contribution < 1.29 is 14.3 Å². The molecule has 0 spiro atoms. The lowest BCUT2D eigenvalue weighted by atomic mass is 10.1. The van der Waals surface area contributed by atoms with Crippen LogP contribution in [0.15, 0.2) is 11.4 Å². The summed E-state index contributed by atoms with van der Waals surface area (Å²) >= 11 is 1.22. The van der Waals surface area contributed by atoms with Crippen LogP contribution >= 0.6 is 11.3 Å². The third-order valence-electron chi connectivity index (χ3n) is 2.50. The second kappa shape index (κ2) is 7.13. The first kappa shape index (κ1) is 14.7. The molecular weight excluding hydrogens is 252 g/mol. The Balaban J connectivity index is 2.64. The zero-order valence-electron chi connectivity index (χ0n) is 10.6. The molecule has 0 saturated carbocycles. The zero-order valence-corrected chi connectivity index (χ0v) is 11.4. The summed E-state index contributed by atoms with van der Waals surface area (Å²) in [5, 5.41) is 4.38. The summed E-state index contributed by atoms with van der Waals surface area (Å²) in [4.78, 5) is 23.6. The highest BCUT2D eigenvalue weighted by Crippen LogP contribution is 2.23. The van der Waals surface area contributed by atoms with Crippen molar-refractivity contribution >= 4 is 28.9 Å². The Kier molecular flexibility index (Phi) is 5.80. The molecule has 0 fully saturated rings. The van der Waals surface area contributed by atoms with E-state index in [9.17, 15) is 9.59 Å². The summed E-state index contributed by atoms with van der Waals surface area (Å²) in [5.41, 5.74) is 6.22. The van der Waals surface area contributed by atoms with Crippen molar-refractivity contribution in [1.82, 2.24) is 0 Å². The van der Waals surface area contributed by atoms with Crippen molar-refractivity contribution in [3.8, 4) is 0 Å². The lowest BCUT2D eigenvalue weighted by molar-refractivity contribution is -0.117. The van der Waals surface area contributed by atoms with Crippen LogP contribution in [0.3, 0.4) is 0 Å². The summed E-state index contributed by atoms with van der Waals surface area (Å²) in [6, 6.07) is 1.12. The van der Waals surface area contributed by atoms with Gasteiger partial charge in [0.05, 0.1) is 18.8 Å². The molecule has 1 heterocycles. The monoisotopic (exact) mass is 270 g/mol. The quantitative estimate of drug-likeness (QED) is 0.775. The molecule has 0 saturated heterocycles. The second-order valence-corrected chi connectivity index (χ2v) is 4.81. The van der Waals surface area contributed by atoms with E-state index in [-0.39, 0.29) is 5.91 Å². The molecule has 1 atom stereocenters. The first-order valence-electron chi connectivity index (χ1n) is 5.82. The maximum absolute atomic E-state index is 11.8. The van der Waals surface area contributed by atoms with Gasteiger partial charge in [0.2, 0.25) is 5.91 Å². The average Bonchev–Trinajstić information content (AvgIpc) is 2.82. The molecular formula is C12H18N2O3S. The molecule has 0 aliphatic rings. The molecule has 5 nitrogen and oxygen atoms in total. The predicted octanol–water partition coefficient (Wildman–Crippen LogP) is 1.99. The van der Waals surface area contributed by atoms with Crippen LogP contribution in [0.25, 0.3) is 0 Å². The van der Waals surface area contributed by atoms with E-state index in [1.54, 1.807) is 11.4 Å². The number of carbonyl (C=O) groups is 2. The third-order valence-corrected chi connectivity index (χ3v) is 3.39. The van der Waals surface area contributed by atoms with Gasteiger partial charge in [-0.2, -0.15) is 0 Å². The maximum atomic E-state index is 11.8. The van der Waals surface area contributed by atoms with Crippen molar-refractivity contribution in [3.05, 3.63) is 16.3 Å². The van der Waals surface area contributed by atoms with Gasteiger partial charge in [-0.15, -0.1) is 11.3 Å². The van der Waals surface area contributed by atoms with Gasteiger partial charge in [0, 0.05) is 0 Å². The second-order valence-electron chi connectivity index (χ2n) is 3.89. The van der Waals surface area contributed by atoms with E-state index in [4.69, 9.17) is 5.73 Å². The fourth-order valence-electron chi connectivity index (χ4n) is 1.44. The van der Waals surface area contributed by atoms with Gasteiger partial charge in [-0.05, 0) is 17.9 Å². The molecule has 6 heteroatoms. The summed E-state index contributed by atoms with van der Waals surface area (Å²) in [7, 11) is 1.31. The Morgan fingerprint density at radius 2 is 2.28 bits per heavy atom. The van der Waals surface area contributed by atoms with Crippen LogP contribution in [0.5, 0.6) is 0 Å². The van der Waals surface area contributed by atoms with E-state index in [1.165, 1.54) is 18.4 Å². The molecule has 100 valence electrons. The molecule has 0 bridgehead atoms. The first-order valence-corrected chi connectivity index (χ1v) is 6.70. The topological polar surface area (TPSA) is 81.4 Å². The van der Waals surface area contributed by atoms with E-state index in [1.807, 2.05) is 6.92 Å².